The fourth-order valence-corrected chi connectivity index (χ4v) is 8.78. The molecule has 4 heteroatoms. The standard InChI is InChI=1S/C32H54F4/c1-3-4-5-6-22-8-13-25(14-9-22)28-20-18-26(30(34)32(28)36)17-12-23-10-15-24(16-11-23)27-19-7-21(2)29(33)31(27)35/h21-32H,3-20H2,1-2H3/t21?,22?,23?,24?,25?,26?,27?,28?,29-,30?,31?,32?/m0/s1. The van der Waals surface area contributed by atoms with E-state index in [0.29, 0.717) is 17.8 Å². The van der Waals surface area contributed by atoms with Crippen LogP contribution in [0.1, 0.15) is 129 Å². The van der Waals surface area contributed by atoms with E-state index in [2.05, 4.69) is 6.92 Å². The van der Waals surface area contributed by atoms with E-state index in [0.717, 1.165) is 83.0 Å². The van der Waals surface area contributed by atoms with Crippen LogP contribution >= 0.6 is 0 Å². The molecule has 0 nitrogen and oxygen atoms in total. The van der Waals surface area contributed by atoms with Crippen molar-refractivity contribution in [2.45, 2.75) is 154 Å². The molecule has 4 saturated carbocycles. The summed E-state index contributed by atoms with van der Waals surface area (Å²) in [5.41, 5.74) is 0. The van der Waals surface area contributed by atoms with E-state index < -0.39 is 24.7 Å². The van der Waals surface area contributed by atoms with E-state index >= 15 is 8.78 Å². The van der Waals surface area contributed by atoms with Crippen molar-refractivity contribution >= 4 is 0 Å². The fraction of sp³-hybridized carbons (Fsp3) is 1.00. The molecule has 0 aromatic carbocycles. The third-order valence-corrected chi connectivity index (χ3v) is 11.4. The molecule has 7 unspecified atom stereocenters. The summed E-state index contributed by atoms with van der Waals surface area (Å²) < 4.78 is 59.4. The molecule has 8 atom stereocenters. The van der Waals surface area contributed by atoms with Crippen LogP contribution in [0.4, 0.5) is 17.6 Å². The van der Waals surface area contributed by atoms with Gasteiger partial charge in [0, 0.05) is 0 Å². The normalized spacial score (nSPS) is 46.5. The van der Waals surface area contributed by atoms with Gasteiger partial charge in [-0.15, -0.1) is 0 Å². The molecular weight excluding hydrogens is 460 g/mol. The van der Waals surface area contributed by atoms with Gasteiger partial charge >= 0.3 is 0 Å². The molecule has 0 radical (unpaired) electrons. The third-order valence-electron chi connectivity index (χ3n) is 11.4. The van der Waals surface area contributed by atoms with Crippen LogP contribution in [0.5, 0.6) is 0 Å². The van der Waals surface area contributed by atoms with Gasteiger partial charge in [-0.2, -0.15) is 0 Å². The van der Waals surface area contributed by atoms with Crippen LogP contribution < -0.4 is 0 Å². The first-order chi connectivity index (χ1) is 17.4. The molecule has 4 aliphatic carbocycles. The van der Waals surface area contributed by atoms with E-state index in [1.807, 2.05) is 6.92 Å². The first kappa shape index (κ1) is 28.7. The molecule has 4 aliphatic rings. The Labute approximate surface area is 219 Å². The predicted molar refractivity (Wildman–Crippen MR) is 142 cm³/mol. The topological polar surface area (TPSA) is 0 Å². The summed E-state index contributed by atoms with van der Waals surface area (Å²) >= 11 is 0. The van der Waals surface area contributed by atoms with E-state index in [4.69, 9.17) is 0 Å². The average molecular weight is 515 g/mol. The number of rotatable bonds is 9. The van der Waals surface area contributed by atoms with Gasteiger partial charge in [-0.1, -0.05) is 71.6 Å². The maximum atomic E-state index is 15.3. The van der Waals surface area contributed by atoms with Crippen LogP contribution in [0.15, 0.2) is 0 Å². The molecule has 0 spiro atoms. The van der Waals surface area contributed by atoms with E-state index in [9.17, 15) is 8.78 Å². The van der Waals surface area contributed by atoms with Crippen molar-refractivity contribution in [1.29, 1.82) is 0 Å². The molecule has 0 N–H and O–H groups in total. The molecule has 0 aromatic heterocycles. The largest absolute Gasteiger partial charge is 0.244 e. The second-order valence-electron chi connectivity index (χ2n) is 13.6. The third kappa shape index (κ3) is 7.02. The first-order valence-corrected chi connectivity index (χ1v) is 15.9. The van der Waals surface area contributed by atoms with Crippen molar-refractivity contribution in [2.75, 3.05) is 0 Å². The molecule has 4 rings (SSSR count). The van der Waals surface area contributed by atoms with Crippen LogP contribution in [0.3, 0.4) is 0 Å². The number of hydrogen-bond donors (Lipinski definition) is 0. The Kier molecular flexibility index (Phi) is 10.9. The Morgan fingerprint density at radius 3 is 1.61 bits per heavy atom. The second kappa shape index (κ2) is 13.7. The Morgan fingerprint density at radius 2 is 1.03 bits per heavy atom. The van der Waals surface area contributed by atoms with Crippen molar-refractivity contribution in [2.24, 2.45) is 47.3 Å². The minimum Gasteiger partial charge on any atom is -0.244 e. The monoisotopic (exact) mass is 514 g/mol. The molecule has 0 aliphatic heterocycles. The van der Waals surface area contributed by atoms with Crippen molar-refractivity contribution in [1.82, 2.24) is 0 Å². The number of unbranched alkanes of at least 4 members (excludes halogenated alkanes) is 2. The number of hydrogen-bond acceptors (Lipinski definition) is 0. The lowest BCUT2D eigenvalue weighted by molar-refractivity contribution is -0.0184. The summed E-state index contributed by atoms with van der Waals surface area (Å²) in [6.45, 7) is 4.08. The van der Waals surface area contributed by atoms with E-state index in [1.54, 1.807) is 0 Å². The first-order valence-electron chi connectivity index (χ1n) is 15.9. The quantitative estimate of drug-likeness (QED) is 0.212. The molecule has 210 valence electrons. The Bertz CT molecular complexity index is 624. The summed E-state index contributed by atoms with van der Waals surface area (Å²) in [5, 5.41) is 0. The highest BCUT2D eigenvalue weighted by molar-refractivity contribution is 4.94. The molecular formula is C32H54F4. The van der Waals surface area contributed by atoms with Gasteiger partial charge in [0.1, 0.15) is 24.7 Å². The Balaban J connectivity index is 1.15. The minimum absolute atomic E-state index is 0.0607. The molecule has 0 amide bonds. The smallest absolute Gasteiger partial charge is 0.134 e. The SMILES string of the molecule is CCCCCC1CCC(C2CCC(CCC3CCC(C4CCC(C)[C@H](F)C4F)CC3)C(F)C2F)CC1. The summed E-state index contributed by atoms with van der Waals surface area (Å²) in [7, 11) is 0. The predicted octanol–water partition coefficient (Wildman–Crippen LogP) is 10.4. The average Bonchev–Trinajstić information content (AvgIpc) is 2.89. The second-order valence-corrected chi connectivity index (χ2v) is 13.6. The summed E-state index contributed by atoms with van der Waals surface area (Å²) in [4.78, 5) is 0. The van der Waals surface area contributed by atoms with Crippen LogP contribution in [-0.4, -0.2) is 24.7 Å². The highest BCUT2D eigenvalue weighted by Crippen LogP contribution is 2.47. The lowest BCUT2D eigenvalue weighted by atomic mass is 9.65. The van der Waals surface area contributed by atoms with Gasteiger partial charge in [0.15, 0.2) is 0 Å². The lowest BCUT2D eigenvalue weighted by Crippen LogP contribution is -2.42. The molecule has 0 bridgehead atoms. The van der Waals surface area contributed by atoms with Crippen molar-refractivity contribution in [3.05, 3.63) is 0 Å². The molecule has 0 heterocycles. The van der Waals surface area contributed by atoms with Gasteiger partial charge in [-0.25, -0.2) is 17.6 Å². The maximum Gasteiger partial charge on any atom is 0.134 e. The summed E-state index contributed by atoms with van der Waals surface area (Å²) in [6, 6.07) is 0. The zero-order valence-corrected chi connectivity index (χ0v) is 23.2. The summed E-state index contributed by atoms with van der Waals surface area (Å²) in [5.74, 6) is 1.62. The van der Waals surface area contributed by atoms with Gasteiger partial charge in [-0.3, -0.25) is 0 Å². The van der Waals surface area contributed by atoms with Crippen LogP contribution in [0.2, 0.25) is 0 Å². The van der Waals surface area contributed by atoms with E-state index in [1.165, 1.54) is 38.5 Å². The fourth-order valence-electron chi connectivity index (χ4n) is 8.78. The van der Waals surface area contributed by atoms with Gasteiger partial charge in [0.2, 0.25) is 0 Å². The van der Waals surface area contributed by atoms with Crippen molar-refractivity contribution in [3.63, 3.8) is 0 Å². The number of alkyl halides is 4. The summed E-state index contributed by atoms with van der Waals surface area (Å²) in [6.07, 6.45) is 13.9. The zero-order chi connectivity index (χ0) is 25.7. The van der Waals surface area contributed by atoms with Crippen LogP contribution in [0, 0.1) is 47.3 Å². The molecule has 0 saturated heterocycles. The lowest BCUT2D eigenvalue weighted by Gasteiger charge is -2.42. The maximum absolute atomic E-state index is 15.3. The van der Waals surface area contributed by atoms with Crippen LogP contribution in [0.25, 0.3) is 0 Å². The zero-order valence-electron chi connectivity index (χ0n) is 23.2. The Morgan fingerprint density at radius 1 is 0.500 bits per heavy atom. The van der Waals surface area contributed by atoms with Crippen LogP contribution in [-0.2, 0) is 0 Å². The molecule has 0 aromatic rings. The van der Waals surface area contributed by atoms with Gasteiger partial charge in [0.25, 0.3) is 0 Å². The van der Waals surface area contributed by atoms with Gasteiger partial charge in [-0.05, 0) is 105 Å². The highest BCUT2D eigenvalue weighted by atomic mass is 19.2. The highest BCUT2D eigenvalue weighted by Gasteiger charge is 2.45. The van der Waals surface area contributed by atoms with Gasteiger partial charge < -0.3 is 0 Å². The van der Waals surface area contributed by atoms with Gasteiger partial charge in [0.05, 0.1) is 0 Å². The Hall–Kier alpha value is -0.280. The van der Waals surface area contributed by atoms with Crippen molar-refractivity contribution in [3.8, 4) is 0 Å². The number of halogens is 4. The molecule has 4 fully saturated rings. The minimum atomic E-state index is -1.30. The van der Waals surface area contributed by atoms with Crippen molar-refractivity contribution < 1.29 is 17.6 Å². The van der Waals surface area contributed by atoms with E-state index in [-0.39, 0.29) is 23.7 Å². The molecule has 36 heavy (non-hydrogen) atoms.